The van der Waals surface area contributed by atoms with E-state index in [0.717, 1.165) is 17.8 Å². The highest BCUT2D eigenvalue weighted by atomic mass is 31.3. The van der Waals surface area contributed by atoms with Crippen molar-refractivity contribution in [1.82, 2.24) is 19.5 Å². The number of H-pyrrole nitrogens is 1. The Morgan fingerprint density at radius 1 is 1.27 bits per heavy atom. The molecule has 3 unspecified atom stereocenters. The first-order valence-corrected chi connectivity index (χ1v) is 12.7. The summed E-state index contributed by atoms with van der Waals surface area (Å²) in [6.07, 6.45) is -0.816. The van der Waals surface area contributed by atoms with Crippen molar-refractivity contribution in [2.24, 2.45) is 0 Å². The van der Waals surface area contributed by atoms with Crippen molar-refractivity contribution in [2.45, 2.75) is 18.8 Å². The normalized spacial score (nSPS) is 25.1. The smallest absolute Gasteiger partial charge is 0.490 e. The van der Waals surface area contributed by atoms with Crippen LogP contribution in [-0.2, 0) is 31.6 Å². The number of aromatic nitrogens is 4. The van der Waals surface area contributed by atoms with Gasteiger partial charge in [-0.3, -0.25) is 18.9 Å². The van der Waals surface area contributed by atoms with Crippen molar-refractivity contribution in [2.75, 3.05) is 12.3 Å². The third kappa shape index (κ3) is 5.50. The molecule has 0 amide bonds. The lowest BCUT2D eigenvalue weighted by Crippen LogP contribution is -2.31. The maximum atomic E-state index is 15.3. The SMILES string of the molecule is CC1(F)C(O)=C(COP(=O)(O)OP(=O)(O)OP(=O)(O)O)O[C@H]1n1cnc2c(=O)[nH]c(N)nc21. The van der Waals surface area contributed by atoms with Crippen molar-refractivity contribution in [1.29, 1.82) is 0 Å². The highest BCUT2D eigenvalue weighted by Gasteiger charge is 2.51. The van der Waals surface area contributed by atoms with Gasteiger partial charge in [0, 0.05) is 0 Å². The minimum atomic E-state index is -5.79. The molecule has 3 heterocycles. The quantitative estimate of drug-likeness (QED) is 0.219. The summed E-state index contributed by atoms with van der Waals surface area (Å²) in [4.78, 5) is 57.2. The van der Waals surface area contributed by atoms with Crippen molar-refractivity contribution < 1.29 is 60.6 Å². The molecular formula is C11H15FN5O13P3. The molecule has 0 radical (unpaired) electrons. The van der Waals surface area contributed by atoms with Crippen LogP contribution in [-0.4, -0.2) is 56.5 Å². The molecule has 2 aromatic heterocycles. The molecule has 0 saturated heterocycles. The Labute approximate surface area is 180 Å². The maximum Gasteiger partial charge on any atom is 0.490 e. The van der Waals surface area contributed by atoms with E-state index in [1.807, 2.05) is 0 Å². The Hall–Kier alpha value is -2.17. The van der Waals surface area contributed by atoms with Crippen LogP contribution in [0, 0.1) is 0 Å². The number of aromatic amines is 1. The molecule has 0 aromatic carbocycles. The summed E-state index contributed by atoms with van der Waals surface area (Å²) in [6.45, 7) is -0.387. The molecule has 3 rings (SSSR count). The third-order valence-corrected chi connectivity index (χ3v) is 7.71. The highest BCUT2D eigenvalue weighted by Crippen LogP contribution is 2.66. The Bertz CT molecular complexity index is 1330. The monoisotopic (exact) mass is 537 g/mol. The molecule has 8 N–H and O–H groups in total. The number of nitrogens with two attached hydrogens (primary N) is 1. The number of nitrogen functional groups attached to an aromatic ring is 1. The predicted octanol–water partition coefficient (Wildman–Crippen LogP) is 0.0717. The summed E-state index contributed by atoms with van der Waals surface area (Å²) in [7, 11) is -17.0. The highest BCUT2D eigenvalue weighted by molar-refractivity contribution is 7.66. The van der Waals surface area contributed by atoms with Crippen LogP contribution in [0.25, 0.3) is 11.2 Å². The second kappa shape index (κ2) is 8.25. The average molecular weight is 537 g/mol. The molecule has 184 valence electrons. The number of aliphatic hydroxyl groups is 1. The van der Waals surface area contributed by atoms with Gasteiger partial charge in [0.05, 0.1) is 0 Å². The van der Waals surface area contributed by atoms with Gasteiger partial charge in [0.25, 0.3) is 5.56 Å². The van der Waals surface area contributed by atoms with Crippen LogP contribution in [0.2, 0.25) is 0 Å². The summed E-state index contributed by atoms with van der Waals surface area (Å²) in [5, 5.41) is 10.2. The maximum absolute atomic E-state index is 15.3. The van der Waals surface area contributed by atoms with E-state index in [4.69, 9.17) is 25.2 Å². The lowest BCUT2D eigenvalue weighted by atomic mass is 10.1. The fraction of sp³-hybridized carbons (Fsp3) is 0.364. The largest absolute Gasteiger partial charge is 0.506 e. The minimum absolute atomic E-state index is 0.230. The number of hydrogen-bond acceptors (Lipinski definition) is 12. The predicted molar refractivity (Wildman–Crippen MR) is 102 cm³/mol. The van der Waals surface area contributed by atoms with Gasteiger partial charge in [0.2, 0.25) is 17.8 Å². The number of anilines is 1. The number of hydrogen-bond donors (Lipinski definition) is 7. The summed E-state index contributed by atoms with van der Waals surface area (Å²) in [6, 6.07) is 0. The van der Waals surface area contributed by atoms with E-state index in [-0.39, 0.29) is 17.1 Å². The number of phosphoric ester groups is 1. The van der Waals surface area contributed by atoms with Gasteiger partial charge in [-0.2, -0.15) is 13.6 Å². The van der Waals surface area contributed by atoms with Crippen molar-refractivity contribution in [3.8, 4) is 0 Å². The van der Waals surface area contributed by atoms with Gasteiger partial charge < -0.3 is 35.2 Å². The number of rotatable bonds is 8. The second-order valence-electron chi connectivity index (χ2n) is 6.46. The summed E-state index contributed by atoms with van der Waals surface area (Å²) >= 11 is 0. The van der Waals surface area contributed by atoms with Gasteiger partial charge in [-0.15, -0.1) is 0 Å². The average Bonchev–Trinajstić information content (AvgIpc) is 3.10. The van der Waals surface area contributed by atoms with Crippen LogP contribution in [0.1, 0.15) is 13.2 Å². The van der Waals surface area contributed by atoms with Crippen LogP contribution in [0.15, 0.2) is 22.6 Å². The van der Waals surface area contributed by atoms with E-state index in [9.17, 15) is 28.5 Å². The molecule has 0 aliphatic carbocycles. The number of aliphatic hydroxyl groups excluding tert-OH is 1. The van der Waals surface area contributed by atoms with Crippen molar-refractivity contribution in [3.05, 3.63) is 28.2 Å². The number of imidazole rings is 1. The summed E-state index contributed by atoms with van der Waals surface area (Å²) in [5.74, 6) is -2.25. The first-order chi connectivity index (χ1) is 14.9. The first-order valence-electron chi connectivity index (χ1n) is 8.21. The molecule has 0 saturated carbocycles. The molecule has 0 fully saturated rings. The second-order valence-corrected chi connectivity index (χ2v) is 10.9. The number of nitrogens with zero attached hydrogens (tertiary/aromatic N) is 3. The fourth-order valence-corrected chi connectivity index (χ4v) is 5.64. The Balaban J connectivity index is 1.81. The summed E-state index contributed by atoms with van der Waals surface area (Å²) < 4.78 is 66.5. The zero-order valence-electron chi connectivity index (χ0n) is 16.0. The Morgan fingerprint density at radius 3 is 2.52 bits per heavy atom. The Kier molecular flexibility index (Phi) is 6.36. The molecule has 4 atom stereocenters. The van der Waals surface area contributed by atoms with E-state index in [1.165, 1.54) is 0 Å². The van der Waals surface area contributed by atoms with Gasteiger partial charge in [-0.05, 0) is 6.92 Å². The molecule has 0 spiro atoms. The molecule has 18 nitrogen and oxygen atoms in total. The number of phosphoric acid groups is 3. The summed E-state index contributed by atoms with van der Waals surface area (Å²) in [5.41, 5.74) is 1.50. The van der Waals surface area contributed by atoms with Gasteiger partial charge in [0.15, 0.2) is 22.7 Å². The van der Waals surface area contributed by atoms with E-state index in [2.05, 4.69) is 28.1 Å². The van der Waals surface area contributed by atoms with Crippen molar-refractivity contribution >= 4 is 40.6 Å². The topological polar surface area (TPSA) is 279 Å². The van der Waals surface area contributed by atoms with Crippen LogP contribution >= 0.6 is 23.5 Å². The molecular weight excluding hydrogens is 522 g/mol. The minimum Gasteiger partial charge on any atom is -0.506 e. The van der Waals surface area contributed by atoms with Gasteiger partial charge >= 0.3 is 23.5 Å². The van der Waals surface area contributed by atoms with E-state index < -0.39 is 59.0 Å². The number of nitrogens with one attached hydrogen (secondary N) is 1. The molecule has 0 bridgehead atoms. The first kappa shape index (κ1) is 25.5. The Morgan fingerprint density at radius 2 is 1.91 bits per heavy atom. The molecule has 33 heavy (non-hydrogen) atoms. The van der Waals surface area contributed by atoms with Crippen LogP contribution < -0.4 is 11.3 Å². The van der Waals surface area contributed by atoms with Gasteiger partial charge in [0.1, 0.15) is 12.9 Å². The standard InChI is InChI=1S/C11H15FN5O13P3/c1-11(12)6(18)4(2-27-32(23,24)30-33(25,26)29-31(20,21)22)28-9(11)17-3-14-5-7(17)15-10(13)16-8(5)19/h3,9,18H,2H2,1H3,(H,23,24)(H,25,26)(H2,20,21,22)(H3,13,15,16,19)/t9-,11?/m1/s1. The number of fused-ring (bicyclic) bond motifs is 1. The fourth-order valence-electron chi connectivity index (χ4n) is 2.67. The zero-order chi connectivity index (χ0) is 25.0. The zero-order valence-corrected chi connectivity index (χ0v) is 18.7. The lowest BCUT2D eigenvalue weighted by Gasteiger charge is -2.23. The number of halogens is 1. The van der Waals surface area contributed by atoms with Gasteiger partial charge in [-0.1, -0.05) is 0 Å². The molecule has 2 aromatic rings. The lowest BCUT2D eigenvalue weighted by molar-refractivity contribution is -0.0255. The molecule has 22 heteroatoms. The van der Waals surface area contributed by atoms with Crippen LogP contribution in [0.4, 0.5) is 10.3 Å². The molecule has 1 aliphatic heterocycles. The van der Waals surface area contributed by atoms with Crippen LogP contribution in [0.3, 0.4) is 0 Å². The number of alkyl halides is 1. The van der Waals surface area contributed by atoms with Crippen LogP contribution in [0.5, 0.6) is 0 Å². The van der Waals surface area contributed by atoms with E-state index >= 15 is 4.39 Å². The van der Waals surface area contributed by atoms with E-state index in [0.29, 0.717) is 0 Å². The molecule has 1 aliphatic rings. The number of ether oxygens (including phenoxy) is 1. The van der Waals surface area contributed by atoms with E-state index in [1.54, 1.807) is 0 Å². The van der Waals surface area contributed by atoms with Crippen molar-refractivity contribution in [3.63, 3.8) is 0 Å². The van der Waals surface area contributed by atoms with Gasteiger partial charge in [-0.25, -0.2) is 23.1 Å². The third-order valence-electron chi connectivity index (χ3n) is 3.92.